The lowest BCUT2D eigenvalue weighted by Crippen LogP contribution is -2.21. The molecule has 0 saturated heterocycles. The Morgan fingerprint density at radius 3 is 2.65 bits per heavy atom. The van der Waals surface area contributed by atoms with Crippen LogP contribution in [0.2, 0.25) is 0 Å². The Labute approximate surface area is 111 Å². The molecule has 98 valence electrons. The van der Waals surface area contributed by atoms with Crippen molar-refractivity contribution in [3.63, 3.8) is 0 Å². The van der Waals surface area contributed by atoms with E-state index in [1.165, 1.54) is 30.6 Å². The van der Waals surface area contributed by atoms with Crippen molar-refractivity contribution in [1.29, 1.82) is 0 Å². The van der Waals surface area contributed by atoms with Gasteiger partial charge in [-0.2, -0.15) is 0 Å². The highest BCUT2D eigenvalue weighted by Crippen LogP contribution is 2.28. The summed E-state index contributed by atoms with van der Waals surface area (Å²) < 4.78 is 0. The molecule has 0 aromatic carbocycles. The minimum Gasteiger partial charge on any atom is -0.309 e. The molecule has 17 heavy (non-hydrogen) atoms. The lowest BCUT2D eigenvalue weighted by atomic mass is 9.89. The number of thiophene rings is 1. The van der Waals surface area contributed by atoms with Gasteiger partial charge in [-0.15, -0.1) is 11.3 Å². The van der Waals surface area contributed by atoms with Crippen molar-refractivity contribution in [1.82, 2.24) is 5.32 Å². The fourth-order valence-electron chi connectivity index (χ4n) is 1.99. The zero-order valence-corrected chi connectivity index (χ0v) is 12.6. The molecule has 1 rings (SSSR count). The molecule has 0 aliphatic rings. The van der Waals surface area contributed by atoms with E-state index in [0.29, 0.717) is 11.5 Å². The largest absolute Gasteiger partial charge is 0.309 e. The molecular formula is C15H27NS. The molecule has 0 aliphatic heterocycles. The van der Waals surface area contributed by atoms with Crippen LogP contribution in [0.1, 0.15) is 64.3 Å². The number of nitrogens with one attached hydrogen (secondary N) is 1. The van der Waals surface area contributed by atoms with E-state index in [0.717, 1.165) is 6.54 Å². The summed E-state index contributed by atoms with van der Waals surface area (Å²) in [5.74, 6) is 0. The monoisotopic (exact) mass is 253 g/mol. The summed E-state index contributed by atoms with van der Waals surface area (Å²) >= 11 is 1.88. The molecule has 1 unspecified atom stereocenters. The first-order chi connectivity index (χ1) is 8.03. The van der Waals surface area contributed by atoms with Gasteiger partial charge >= 0.3 is 0 Å². The van der Waals surface area contributed by atoms with Gasteiger partial charge in [0.15, 0.2) is 0 Å². The van der Waals surface area contributed by atoms with E-state index in [4.69, 9.17) is 0 Å². The molecule has 1 nitrogen and oxygen atoms in total. The SMILES string of the molecule is CCCNC(CCCC(C)(C)C)c1cccs1. The van der Waals surface area contributed by atoms with Crippen molar-refractivity contribution in [2.24, 2.45) is 5.41 Å². The minimum absolute atomic E-state index is 0.463. The highest BCUT2D eigenvalue weighted by atomic mass is 32.1. The maximum absolute atomic E-state index is 3.67. The smallest absolute Gasteiger partial charge is 0.0414 e. The van der Waals surface area contributed by atoms with E-state index in [1.807, 2.05) is 11.3 Å². The molecular weight excluding hydrogens is 226 g/mol. The van der Waals surface area contributed by atoms with Crippen LogP contribution in [0.25, 0.3) is 0 Å². The van der Waals surface area contributed by atoms with Crippen molar-refractivity contribution in [2.45, 2.75) is 59.4 Å². The molecule has 1 atom stereocenters. The molecule has 0 fully saturated rings. The molecule has 0 spiro atoms. The normalized spacial score (nSPS) is 13.9. The van der Waals surface area contributed by atoms with Gasteiger partial charge in [-0.1, -0.05) is 40.2 Å². The van der Waals surface area contributed by atoms with Crippen LogP contribution in [0.3, 0.4) is 0 Å². The quantitative estimate of drug-likeness (QED) is 0.720. The van der Waals surface area contributed by atoms with Gasteiger partial charge in [-0.3, -0.25) is 0 Å². The Bertz CT molecular complexity index is 284. The molecule has 0 radical (unpaired) electrons. The van der Waals surface area contributed by atoms with Crippen LogP contribution >= 0.6 is 11.3 Å². The van der Waals surface area contributed by atoms with Gasteiger partial charge in [0.05, 0.1) is 0 Å². The molecule has 2 heteroatoms. The van der Waals surface area contributed by atoms with Crippen LogP contribution in [0, 0.1) is 5.41 Å². The molecule has 1 aromatic rings. The van der Waals surface area contributed by atoms with E-state index < -0.39 is 0 Å². The third-order valence-electron chi connectivity index (χ3n) is 2.95. The first kappa shape index (κ1) is 14.7. The number of hydrogen-bond donors (Lipinski definition) is 1. The van der Waals surface area contributed by atoms with E-state index >= 15 is 0 Å². The van der Waals surface area contributed by atoms with Crippen molar-refractivity contribution in [3.05, 3.63) is 22.4 Å². The lowest BCUT2D eigenvalue weighted by molar-refractivity contribution is 0.344. The zero-order chi connectivity index (χ0) is 12.7. The Morgan fingerprint density at radius 1 is 1.35 bits per heavy atom. The van der Waals surface area contributed by atoms with Gasteiger partial charge in [0, 0.05) is 10.9 Å². The van der Waals surface area contributed by atoms with Crippen LogP contribution in [-0.2, 0) is 0 Å². The maximum atomic E-state index is 3.67. The highest BCUT2D eigenvalue weighted by Gasteiger charge is 2.14. The van der Waals surface area contributed by atoms with E-state index in [-0.39, 0.29) is 0 Å². The van der Waals surface area contributed by atoms with E-state index in [9.17, 15) is 0 Å². The second-order valence-corrected chi connectivity index (χ2v) is 6.95. The van der Waals surface area contributed by atoms with Gasteiger partial charge in [0.25, 0.3) is 0 Å². The standard InChI is InChI=1S/C15H27NS/c1-5-11-16-13(14-9-7-12-17-14)8-6-10-15(2,3)4/h7,9,12-13,16H,5-6,8,10-11H2,1-4H3. The third-order valence-corrected chi connectivity index (χ3v) is 3.93. The van der Waals surface area contributed by atoms with Crippen molar-refractivity contribution >= 4 is 11.3 Å². The van der Waals surface area contributed by atoms with Crippen molar-refractivity contribution < 1.29 is 0 Å². The summed E-state index contributed by atoms with van der Waals surface area (Å²) in [6.45, 7) is 10.3. The van der Waals surface area contributed by atoms with E-state index in [1.54, 1.807) is 0 Å². The van der Waals surface area contributed by atoms with Crippen LogP contribution in [0.15, 0.2) is 17.5 Å². The maximum Gasteiger partial charge on any atom is 0.0414 e. The molecule has 0 saturated carbocycles. The predicted octanol–water partition coefficient (Wildman–Crippen LogP) is 5.01. The fourth-order valence-corrected chi connectivity index (χ4v) is 2.83. The minimum atomic E-state index is 0.463. The Hall–Kier alpha value is -0.340. The molecule has 1 heterocycles. The summed E-state index contributed by atoms with van der Waals surface area (Å²) in [7, 11) is 0. The molecule has 0 bridgehead atoms. The first-order valence-corrected chi connectivity index (χ1v) is 7.67. The fraction of sp³-hybridized carbons (Fsp3) is 0.733. The third kappa shape index (κ3) is 6.23. The Kier molecular flexibility index (Phi) is 6.21. The first-order valence-electron chi connectivity index (χ1n) is 6.79. The predicted molar refractivity (Wildman–Crippen MR) is 78.7 cm³/mol. The van der Waals surface area contributed by atoms with Gasteiger partial charge < -0.3 is 5.32 Å². The summed E-state index contributed by atoms with van der Waals surface area (Å²) in [4.78, 5) is 1.49. The topological polar surface area (TPSA) is 12.0 Å². The average molecular weight is 253 g/mol. The van der Waals surface area contributed by atoms with E-state index in [2.05, 4.69) is 50.5 Å². The number of hydrogen-bond acceptors (Lipinski definition) is 2. The summed E-state index contributed by atoms with van der Waals surface area (Å²) in [5, 5.41) is 5.85. The Balaban J connectivity index is 2.42. The highest BCUT2D eigenvalue weighted by molar-refractivity contribution is 7.10. The van der Waals surface area contributed by atoms with Crippen LogP contribution in [0.5, 0.6) is 0 Å². The van der Waals surface area contributed by atoms with Crippen LogP contribution in [-0.4, -0.2) is 6.54 Å². The Morgan fingerprint density at radius 2 is 2.12 bits per heavy atom. The summed E-state index contributed by atoms with van der Waals surface area (Å²) in [6, 6.07) is 4.98. The molecule has 0 aliphatic carbocycles. The summed E-state index contributed by atoms with van der Waals surface area (Å²) in [5.41, 5.74) is 0.463. The molecule has 1 aromatic heterocycles. The van der Waals surface area contributed by atoms with Gasteiger partial charge in [0.1, 0.15) is 0 Å². The average Bonchev–Trinajstić information content (AvgIpc) is 2.74. The van der Waals surface area contributed by atoms with Gasteiger partial charge in [-0.25, -0.2) is 0 Å². The van der Waals surface area contributed by atoms with Gasteiger partial charge in [0.2, 0.25) is 0 Å². The molecule has 1 N–H and O–H groups in total. The summed E-state index contributed by atoms with van der Waals surface area (Å²) in [6.07, 6.45) is 5.09. The second-order valence-electron chi connectivity index (χ2n) is 5.98. The van der Waals surface area contributed by atoms with Crippen molar-refractivity contribution in [3.8, 4) is 0 Å². The van der Waals surface area contributed by atoms with Crippen LogP contribution < -0.4 is 5.32 Å². The zero-order valence-electron chi connectivity index (χ0n) is 11.8. The second kappa shape index (κ2) is 7.17. The number of rotatable bonds is 7. The van der Waals surface area contributed by atoms with Crippen molar-refractivity contribution in [2.75, 3.05) is 6.54 Å². The lowest BCUT2D eigenvalue weighted by Gasteiger charge is -2.21. The van der Waals surface area contributed by atoms with Crippen LogP contribution in [0.4, 0.5) is 0 Å². The molecule has 0 amide bonds. The van der Waals surface area contributed by atoms with Gasteiger partial charge in [-0.05, 0) is 42.7 Å².